The number of fused-ring (bicyclic) bond motifs is 2. The zero-order chi connectivity index (χ0) is 19.1. The van der Waals surface area contributed by atoms with Gasteiger partial charge in [-0.1, -0.05) is 64.3 Å². The lowest BCUT2D eigenvalue weighted by molar-refractivity contribution is 0.619. The Balaban J connectivity index is 1.85. The van der Waals surface area contributed by atoms with E-state index >= 15 is 0 Å². The molecule has 0 atom stereocenters. The second kappa shape index (κ2) is 6.70. The molecule has 28 heavy (non-hydrogen) atoms. The molecular formula is C24H14BrNO2. The first-order valence-corrected chi connectivity index (χ1v) is 9.70. The average Bonchev–Trinajstić information content (AvgIpc) is 2.74. The molecule has 3 aromatic carbocycles. The Morgan fingerprint density at radius 2 is 1.75 bits per heavy atom. The molecule has 1 aromatic heterocycles. The molecule has 3 nitrogen and oxygen atoms in total. The van der Waals surface area contributed by atoms with Crippen LogP contribution in [0.3, 0.4) is 0 Å². The topological polar surface area (TPSA) is 33.5 Å². The molecular weight excluding hydrogens is 414 g/mol. The van der Waals surface area contributed by atoms with Crippen LogP contribution < -0.4 is 10.3 Å². The van der Waals surface area contributed by atoms with Crippen LogP contribution in [0.4, 0.5) is 11.4 Å². The van der Waals surface area contributed by atoms with Crippen molar-refractivity contribution in [2.45, 2.75) is 6.42 Å². The number of anilines is 2. The van der Waals surface area contributed by atoms with Crippen molar-refractivity contribution in [3.05, 3.63) is 93.1 Å². The zero-order valence-electron chi connectivity index (χ0n) is 14.8. The van der Waals surface area contributed by atoms with E-state index in [2.05, 4.69) is 27.9 Å². The lowest BCUT2D eigenvalue weighted by atomic mass is 10.0. The number of para-hydroxylation sites is 1. The summed E-state index contributed by atoms with van der Waals surface area (Å²) in [7, 11) is 0. The molecule has 0 radical (unpaired) electrons. The normalized spacial score (nSPS) is 12.4. The van der Waals surface area contributed by atoms with Crippen LogP contribution in [0.2, 0.25) is 0 Å². The zero-order valence-corrected chi connectivity index (χ0v) is 16.4. The van der Waals surface area contributed by atoms with Gasteiger partial charge in [-0.2, -0.15) is 0 Å². The number of hydrogen-bond donors (Lipinski definition) is 0. The second-order valence-corrected chi connectivity index (χ2v) is 7.46. The van der Waals surface area contributed by atoms with Crippen LogP contribution in [0.15, 0.2) is 86.5 Å². The van der Waals surface area contributed by atoms with Gasteiger partial charge in [-0.05, 0) is 35.9 Å². The molecule has 4 heteroatoms. The fourth-order valence-electron chi connectivity index (χ4n) is 3.48. The monoisotopic (exact) mass is 427 g/mol. The van der Waals surface area contributed by atoms with Crippen LogP contribution in [-0.4, -0.2) is 0 Å². The first kappa shape index (κ1) is 16.9. The number of rotatable bonds is 2. The lowest BCUT2D eigenvalue weighted by Gasteiger charge is -2.24. The largest absolute Gasteiger partial charge is 0.454 e. The van der Waals surface area contributed by atoms with Crippen LogP contribution >= 0.6 is 15.9 Å². The van der Waals surface area contributed by atoms with E-state index in [1.54, 1.807) is 11.0 Å². The predicted molar refractivity (Wildman–Crippen MR) is 116 cm³/mol. The maximum atomic E-state index is 13.5. The van der Waals surface area contributed by atoms with Gasteiger partial charge >= 0.3 is 0 Å². The molecule has 0 spiro atoms. The highest BCUT2D eigenvalue weighted by Crippen LogP contribution is 2.37. The average molecular weight is 428 g/mol. The summed E-state index contributed by atoms with van der Waals surface area (Å²) in [6.45, 7) is 0. The van der Waals surface area contributed by atoms with Crippen molar-refractivity contribution in [1.82, 2.24) is 0 Å². The summed E-state index contributed by atoms with van der Waals surface area (Å²) < 4.78 is 7.22. The minimum atomic E-state index is -0.0919. The summed E-state index contributed by atoms with van der Waals surface area (Å²) in [6, 6.07) is 26.1. The highest BCUT2D eigenvalue weighted by atomic mass is 79.9. The van der Waals surface area contributed by atoms with Gasteiger partial charge in [0.05, 0.1) is 11.1 Å². The van der Waals surface area contributed by atoms with Crippen molar-refractivity contribution in [1.29, 1.82) is 0 Å². The second-order valence-electron chi connectivity index (χ2n) is 6.54. The van der Waals surface area contributed by atoms with E-state index in [0.29, 0.717) is 28.8 Å². The summed E-state index contributed by atoms with van der Waals surface area (Å²) >= 11 is 3.52. The minimum Gasteiger partial charge on any atom is -0.454 e. The Labute approximate surface area is 170 Å². The molecule has 134 valence electrons. The molecule has 0 amide bonds. The third-order valence-corrected chi connectivity index (χ3v) is 5.28. The van der Waals surface area contributed by atoms with E-state index in [4.69, 9.17) is 4.42 Å². The van der Waals surface area contributed by atoms with Crippen molar-refractivity contribution in [3.63, 3.8) is 0 Å². The van der Waals surface area contributed by atoms with Crippen LogP contribution in [-0.2, 0) is 6.42 Å². The molecule has 1 aliphatic heterocycles. The SMILES string of the molecule is O=c1c(N2C#CCc3cc(Br)ccc32)c(-c2ccccc2)oc2ccccc12. The predicted octanol–water partition coefficient (Wildman–Crippen LogP) is 5.88. The van der Waals surface area contributed by atoms with E-state index in [9.17, 15) is 4.79 Å². The van der Waals surface area contributed by atoms with Gasteiger partial charge in [0, 0.05) is 22.5 Å². The molecule has 0 fully saturated rings. The van der Waals surface area contributed by atoms with Gasteiger partial charge in [-0.3, -0.25) is 9.69 Å². The van der Waals surface area contributed by atoms with Crippen molar-refractivity contribution in [2.75, 3.05) is 4.90 Å². The third kappa shape index (κ3) is 2.72. The molecule has 0 aliphatic carbocycles. The molecule has 0 saturated carbocycles. The summed E-state index contributed by atoms with van der Waals surface area (Å²) in [5.41, 5.74) is 3.73. The van der Waals surface area contributed by atoms with E-state index in [1.165, 1.54) is 0 Å². The third-order valence-electron chi connectivity index (χ3n) is 4.79. The summed E-state index contributed by atoms with van der Waals surface area (Å²) in [5.74, 6) is 3.67. The van der Waals surface area contributed by atoms with Crippen LogP contribution in [0.1, 0.15) is 5.56 Å². The quantitative estimate of drug-likeness (QED) is 0.374. The fourth-order valence-corrected chi connectivity index (χ4v) is 3.89. The van der Waals surface area contributed by atoms with Crippen LogP contribution in [0, 0.1) is 12.0 Å². The molecule has 4 aromatic rings. The van der Waals surface area contributed by atoms with Gasteiger partial charge in [0.25, 0.3) is 0 Å². The van der Waals surface area contributed by atoms with Gasteiger partial charge in [-0.15, -0.1) is 0 Å². The van der Waals surface area contributed by atoms with Crippen LogP contribution in [0.5, 0.6) is 0 Å². The van der Waals surface area contributed by atoms with E-state index in [1.807, 2.05) is 66.7 Å². The minimum absolute atomic E-state index is 0.0919. The summed E-state index contributed by atoms with van der Waals surface area (Å²) in [4.78, 5) is 15.3. The first-order valence-electron chi connectivity index (χ1n) is 8.91. The van der Waals surface area contributed by atoms with Crippen molar-refractivity contribution in [2.24, 2.45) is 0 Å². The van der Waals surface area contributed by atoms with Gasteiger partial charge in [0.1, 0.15) is 11.3 Å². The van der Waals surface area contributed by atoms with Crippen molar-refractivity contribution < 1.29 is 4.42 Å². The maximum Gasteiger partial charge on any atom is 0.218 e. The molecule has 0 unspecified atom stereocenters. The number of benzene rings is 3. The highest BCUT2D eigenvalue weighted by Gasteiger charge is 2.24. The molecule has 0 bridgehead atoms. The Bertz CT molecular complexity index is 1330. The lowest BCUT2D eigenvalue weighted by Crippen LogP contribution is -2.22. The van der Waals surface area contributed by atoms with E-state index in [0.717, 1.165) is 21.3 Å². The first-order chi connectivity index (χ1) is 13.7. The molecule has 0 saturated heterocycles. The Morgan fingerprint density at radius 1 is 0.964 bits per heavy atom. The maximum absolute atomic E-state index is 13.5. The molecule has 1 aliphatic rings. The van der Waals surface area contributed by atoms with Gasteiger partial charge < -0.3 is 4.42 Å². The molecule has 2 heterocycles. The van der Waals surface area contributed by atoms with E-state index in [-0.39, 0.29) is 5.43 Å². The highest BCUT2D eigenvalue weighted by molar-refractivity contribution is 9.10. The van der Waals surface area contributed by atoms with Gasteiger partial charge in [0.15, 0.2) is 5.76 Å². The van der Waals surface area contributed by atoms with Gasteiger partial charge in [0.2, 0.25) is 5.43 Å². The number of hydrogen-bond acceptors (Lipinski definition) is 3. The standard InChI is InChI=1S/C24H14BrNO2/c25-18-12-13-20-17(15-18)9-6-14-26(20)22-23(27)19-10-4-5-11-21(19)28-24(22)16-7-2-1-3-8-16/h1-5,7-8,10-13,15H,9H2. The number of halogens is 1. The fraction of sp³-hybridized carbons (Fsp3) is 0.0417. The molecule has 5 rings (SSSR count). The van der Waals surface area contributed by atoms with Crippen molar-refractivity contribution >= 4 is 38.3 Å². The smallest absolute Gasteiger partial charge is 0.218 e. The van der Waals surface area contributed by atoms with Crippen molar-refractivity contribution in [3.8, 4) is 23.3 Å². The van der Waals surface area contributed by atoms with E-state index < -0.39 is 0 Å². The Kier molecular flexibility index (Phi) is 4.03. The summed E-state index contributed by atoms with van der Waals surface area (Å²) in [5, 5.41) is 0.545. The molecule has 0 N–H and O–H groups in total. The van der Waals surface area contributed by atoms with Crippen LogP contribution in [0.25, 0.3) is 22.3 Å². The number of nitrogens with zero attached hydrogens (tertiary/aromatic N) is 1. The Morgan fingerprint density at radius 3 is 2.61 bits per heavy atom. The van der Waals surface area contributed by atoms with Gasteiger partial charge in [-0.25, -0.2) is 0 Å². The Hall–Kier alpha value is -3.29. The summed E-state index contributed by atoms with van der Waals surface area (Å²) in [6.07, 6.45) is 0.644.